The highest BCUT2D eigenvalue weighted by atomic mass is 16.2. The first-order valence-corrected chi connectivity index (χ1v) is 9.60. The summed E-state index contributed by atoms with van der Waals surface area (Å²) in [5.74, 6) is 2.25. The normalized spacial score (nSPS) is 17.0. The molecule has 1 atom stereocenters. The molecule has 0 aliphatic carbocycles. The van der Waals surface area contributed by atoms with Gasteiger partial charge in [-0.05, 0) is 31.2 Å². The maximum Gasteiger partial charge on any atom is 0.317 e. The molecule has 1 aliphatic rings. The highest BCUT2D eigenvalue weighted by Crippen LogP contribution is 2.19. The summed E-state index contributed by atoms with van der Waals surface area (Å²) in [6.45, 7) is 3.26. The maximum atomic E-state index is 12.4. The largest absolute Gasteiger partial charge is 0.340 e. The molecule has 3 heterocycles. The van der Waals surface area contributed by atoms with Gasteiger partial charge in [0, 0.05) is 71.5 Å². The highest BCUT2D eigenvalue weighted by molar-refractivity contribution is 5.73. The van der Waals surface area contributed by atoms with Crippen molar-refractivity contribution in [2.24, 2.45) is 13.0 Å². The van der Waals surface area contributed by atoms with Gasteiger partial charge in [0.15, 0.2) is 0 Å². The number of piperidine rings is 1. The first-order chi connectivity index (χ1) is 13.1. The Kier molecular flexibility index (Phi) is 6.62. The standard InChI is InChI=1S/C19H29N7O/c1-24-13-10-20-17(24)7-4-11-25(2)19(27)23-14-16-6-3-12-26(15-16)18-21-8-5-9-22-18/h5,8-10,13,16H,3-4,6-7,11-12,14-15H2,1-2H3,(H,23,27)/t16-/m1/s1. The van der Waals surface area contributed by atoms with Gasteiger partial charge in [-0.1, -0.05) is 0 Å². The van der Waals surface area contributed by atoms with Crippen molar-refractivity contribution >= 4 is 12.0 Å². The zero-order valence-corrected chi connectivity index (χ0v) is 16.2. The molecule has 8 nitrogen and oxygen atoms in total. The number of anilines is 1. The summed E-state index contributed by atoms with van der Waals surface area (Å²) < 4.78 is 2.02. The number of amides is 2. The predicted octanol–water partition coefficient (Wildman–Crippen LogP) is 1.70. The minimum absolute atomic E-state index is 0.0112. The van der Waals surface area contributed by atoms with Gasteiger partial charge < -0.3 is 19.7 Å². The molecule has 0 bridgehead atoms. The van der Waals surface area contributed by atoms with Crippen LogP contribution in [0.5, 0.6) is 0 Å². The maximum absolute atomic E-state index is 12.4. The predicted molar refractivity (Wildman–Crippen MR) is 105 cm³/mol. The number of urea groups is 1. The van der Waals surface area contributed by atoms with E-state index in [4.69, 9.17) is 0 Å². The summed E-state index contributed by atoms with van der Waals surface area (Å²) in [7, 11) is 3.84. The van der Waals surface area contributed by atoms with E-state index in [1.54, 1.807) is 23.5 Å². The van der Waals surface area contributed by atoms with Crippen LogP contribution >= 0.6 is 0 Å². The van der Waals surface area contributed by atoms with Gasteiger partial charge in [-0.15, -0.1) is 0 Å². The summed E-state index contributed by atoms with van der Waals surface area (Å²) in [5, 5.41) is 3.08. The Hall–Kier alpha value is -2.64. The summed E-state index contributed by atoms with van der Waals surface area (Å²) in [6, 6.07) is 1.82. The number of hydrogen-bond acceptors (Lipinski definition) is 5. The SMILES string of the molecule is CN(CCCc1nccn1C)C(=O)NC[C@H]1CCCN(c2ncccn2)C1. The fourth-order valence-corrected chi connectivity index (χ4v) is 3.45. The molecule has 0 unspecified atom stereocenters. The van der Waals surface area contributed by atoms with E-state index in [0.717, 1.165) is 50.5 Å². The number of nitrogens with one attached hydrogen (secondary N) is 1. The molecule has 2 aromatic heterocycles. The van der Waals surface area contributed by atoms with Crippen LogP contribution in [0.3, 0.4) is 0 Å². The van der Waals surface area contributed by atoms with Crippen LogP contribution in [-0.2, 0) is 13.5 Å². The van der Waals surface area contributed by atoms with Crippen LogP contribution in [0.25, 0.3) is 0 Å². The molecular formula is C19H29N7O. The van der Waals surface area contributed by atoms with Crippen molar-refractivity contribution in [1.29, 1.82) is 0 Å². The van der Waals surface area contributed by atoms with Crippen LogP contribution < -0.4 is 10.2 Å². The Bertz CT molecular complexity index is 718. The highest BCUT2D eigenvalue weighted by Gasteiger charge is 2.22. The zero-order chi connectivity index (χ0) is 19.1. The van der Waals surface area contributed by atoms with Gasteiger partial charge in [-0.2, -0.15) is 0 Å². The molecule has 0 saturated carbocycles. The summed E-state index contributed by atoms with van der Waals surface area (Å²) >= 11 is 0. The quantitative estimate of drug-likeness (QED) is 0.801. The van der Waals surface area contributed by atoms with Gasteiger partial charge in [0.2, 0.25) is 5.95 Å². The molecule has 1 aliphatic heterocycles. The van der Waals surface area contributed by atoms with E-state index in [-0.39, 0.29) is 6.03 Å². The average molecular weight is 371 g/mol. The molecule has 1 N–H and O–H groups in total. The summed E-state index contributed by atoms with van der Waals surface area (Å²) in [5.41, 5.74) is 0. The van der Waals surface area contributed by atoms with Gasteiger partial charge in [0.25, 0.3) is 0 Å². The Morgan fingerprint density at radius 2 is 2.11 bits per heavy atom. The smallest absolute Gasteiger partial charge is 0.317 e. The Morgan fingerprint density at radius 3 is 2.85 bits per heavy atom. The van der Waals surface area contributed by atoms with Crippen molar-refractivity contribution in [3.63, 3.8) is 0 Å². The number of aryl methyl sites for hydroxylation is 2. The van der Waals surface area contributed by atoms with Crippen molar-refractivity contribution in [2.45, 2.75) is 25.7 Å². The molecule has 0 radical (unpaired) electrons. The van der Waals surface area contributed by atoms with Crippen molar-refractivity contribution in [1.82, 2.24) is 29.7 Å². The lowest BCUT2D eigenvalue weighted by molar-refractivity contribution is 0.205. The van der Waals surface area contributed by atoms with E-state index in [2.05, 4.69) is 25.2 Å². The lowest BCUT2D eigenvalue weighted by Crippen LogP contribution is -2.44. The van der Waals surface area contributed by atoms with Crippen LogP contribution in [0.15, 0.2) is 30.9 Å². The van der Waals surface area contributed by atoms with Crippen LogP contribution in [0.1, 0.15) is 25.1 Å². The minimum atomic E-state index is -0.0112. The third kappa shape index (κ3) is 5.42. The molecular weight excluding hydrogens is 342 g/mol. The topological polar surface area (TPSA) is 79.2 Å². The summed E-state index contributed by atoms with van der Waals surface area (Å²) in [6.07, 6.45) is 11.3. The van der Waals surface area contributed by atoms with E-state index in [1.165, 1.54) is 0 Å². The van der Waals surface area contributed by atoms with Crippen LogP contribution in [0.4, 0.5) is 10.7 Å². The van der Waals surface area contributed by atoms with E-state index in [0.29, 0.717) is 19.0 Å². The van der Waals surface area contributed by atoms with Crippen molar-refractivity contribution in [2.75, 3.05) is 38.1 Å². The fraction of sp³-hybridized carbons (Fsp3) is 0.579. The first-order valence-electron chi connectivity index (χ1n) is 9.60. The first kappa shape index (κ1) is 19.1. The second kappa shape index (κ2) is 9.34. The van der Waals surface area contributed by atoms with Crippen LogP contribution in [0.2, 0.25) is 0 Å². The Labute approximate surface area is 160 Å². The Balaban J connectivity index is 1.38. The minimum Gasteiger partial charge on any atom is -0.340 e. The van der Waals surface area contributed by atoms with Gasteiger partial charge in [0.05, 0.1) is 0 Å². The van der Waals surface area contributed by atoms with Gasteiger partial charge in [-0.3, -0.25) is 0 Å². The number of aromatic nitrogens is 4. The molecule has 1 saturated heterocycles. The number of carbonyl (C=O) groups excluding carboxylic acids is 1. The monoisotopic (exact) mass is 371 g/mol. The number of carbonyl (C=O) groups is 1. The molecule has 27 heavy (non-hydrogen) atoms. The molecule has 1 fully saturated rings. The second-order valence-electron chi connectivity index (χ2n) is 7.17. The van der Waals surface area contributed by atoms with Crippen LogP contribution in [-0.4, -0.2) is 63.7 Å². The molecule has 2 amide bonds. The molecule has 8 heteroatoms. The number of nitrogens with zero attached hydrogens (tertiary/aromatic N) is 6. The number of imidazole rings is 1. The number of rotatable bonds is 7. The van der Waals surface area contributed by atoms with Gasteiger partial charge in [-0.25, -0.2) is 19.7 Å². The molecule has 3 rings (SSSR count). The lowest BCUT2D eigenvalue weighted by Gasteiger charge is -2.33. The number of hydrogen-bond donors (Lipinski definition) is 1. The van der Waals surface area contributed by atoms with Crippen LogP contribution in [0, 0.1) is 5.92 Å². The van der Waals surface area contributed by atoms with E-state index in [9.17, 15) is 4.79 Å². The molecule has 2 aromatic rings. The van der Waals surface area contributed by atoms with E-state index < -0.39 is 0 Å². The van der Waals surface area contributed by atoms with Gasteiger partial charge in [0.1, 0.15) is 5.82 Å². The third-order valence-corrected chi connectivity index (χ3v) is 5.06. The third-order valence-electron chi connectivity index (χ3n) is 5.06. The average Bonchev–Trinajstić information content (AvgIpc) is 3.11. The molecule has 0 spiro atoms. The lowest BCUT2D eigenvalue weighted by atomic mass is 9.98. The zero-order valence-electron chi connectivity index (χ0n) is 16.2. The van der Waals surface area contributed by atoms with E-state index >= 15 is 0 Å². The van der Waals surface area contributed by atoms with Crippen molar-refractivity contribution in [3.8, 4) is 0 Å². The molecule has 0 aromatic carbocycles. The Morgan fingerprint density at radius 1 is 1.30 bits per heavy atom. The second-order valence-corrected chi connectivity index (χ2v) is 7.17. The van der Waals surface area contributed by atoms with Crippen molar-refractivity contribution < 1.29 is 4.79 Å². The molecule has 146 valence electrons. The van der Waals surface area contributed by atoms with Crippen molar-refractivity contribution in [3.05, 3.63) is 36.7 Å². The summed E-state index contributed by atoms with van der Waals surface area (Å²) in [4.78, 5) is 29.3. The van der Waals surface area contributed by atoms with Gasteiger partial charge >= 0.3 is 6.03 Å². The fourth-order valence-electron chi connectivity index (χ4n) is 3.45. The van der Waals surface area contributed by atoms with E-state index in [1.807, 2.05) is 30.9 Å².